The molecular formula is C15H11F3N4. The number of rotatable bonds is 3. The molecule has 22 heavy (non-hydrogen) atoms. The molecule has 1 N–H and O–H groups in total. The highest BCUT2D eigenvalue weighted by atomic mass is 19.4. The van der Waals surface area contributed by atoms with Crippen molar-refractivity contribution in [2.75, 3.05) is 5.32 Å². The van der Waals surface area contributed by atoms with Crippen LogP contribution in [-0.4, -0.2) is 15.2 Å². The van der Waals surface area contributed by atoms with E-state index in [4.69, 9.17) is 0 Å². The lowest BCUT2D eigenvalue weighted by atomic mass is 10.1. The zero-order valence-corrected chi connectivity index (χ0v) is 11.3. The average Bonchev–Trinajstić information content (AvgIpc) is 2.52. The number of nitrogens with one attached hydrogen (secondary N) is 1. The molecule has 0 fully saturated rings. The zero-order chi connectivity index (χ0) is 15.6. The predicted octanol–water partition coefficient (Wildman–Crippen LogP) is 3.66. The third kappa shape index (κ3) is 2.98. The van der Waals surface area contributed by atoms with E-state index in [1.165, 1.54) is 6.07 Å². The number of nitrogens with zero attached hydrogens (tertiary/aromatic N) is 3. The molecule has 3 rings (SSSR count). The molecule has 0 saturated carbocycles. The van der Waals surface area contributed by atoms with Crippen LogP contribution >= 0.6 is 0 Å². The number of aromatic nitrogens is 3. The van der Waals surface area contributed by atoms with E-state index in [-0.39, 0.29) is 5.82 Å². The van der Waals surface area contributed by atoms with Crippen molar-refractivity contribution < 1.29 is 13.2 Å². The number of pyridine rings is 1. The second-order valence-corrected chi connectivity index (χ2v) is 4.65. The first-order valence-electron chi connectivity index (χ1n) is 6.51. The zero-order valence-electron chi connectivity index (χ0n) is 11.3. The molecule has 2 heterocycles. The molecule has 2 aromatic heterocycles. The van der Waals surface area contributed by atoms with Crippen molar-refractivity contribution in [2.45, 2.75) is 12.7 Å². The van der Waals surface area contributed by atoms with Crippen LogP contribution in [0.5, 0.6) is 0 Å². The van der Waals surface area contributed by atoms with Crippen molar-refractivity contribution >= 4 is 16.7 Å². The van der Waals surface area contributed by atoms with Crippen LogP contribution in [0.25, 0.3) is 10.9 Å². The van der Waals surface area contributed by atoms with Crippen molar-refractivity contribution in [3.63, 3.8) is 0 Å². The normalized spacial score (nSPS) is 11.6. The molecule has 0 amide bonds. The first-order chi connectivity index (χ1) is 10.5. The van der Waals surface area contributed by atoms with Crippen LogP contribution in [0.3, 0.4) is 0 Å². The molecule has 0 saturated heterocycles. The van der Waals surface area contributed by atoms with Gasteiger partial charge in [0.1, 0.15) is 5.82 Å². The number of anilines is 1. The molecular weight excluding hydrogens is 293 g/mol. The van der Waals surface area contributed by atoms with Gasteiger partial charge in [0.05, 0.1) is 5.52 Å². The SMILES string of the molecule is FC(F)(F)c1ccc(NCc2cccc3cccnc23)nn1. The van der Waals surface area contributed by atoms with E-state index >= 15 is 0 Å². The van der Waals surface area contributed by atoms with Gasteiger partial charge in [0.2, 0.25) is 0 Å². The number of hydrogen-bond donors (Lipinski definition) is 1. The summed E-state index contributed by atoms with van der Waals surface area (Å²) in [5.74, 6) is 0.279. The second kappa shape index (κ2) is 5.59. The topological polar surface area (TPSA) is 50.7 Å². The third-order valence-electron chi connectivity index (χ3n) is 3.13. The number of fused-ring (bicyclic) bond motifs is 1. The summed E-state index contributed by atoms with van der Waals surface area (Å²) >= 11 is 0. The van der Waals surface area contributed by atoms with Crippen molar-refractivity contribution in [1.29, 1.82) is 0 Å². The van der Waals surface area contributed by atoms with Crippen molar-refractivity contribution in [3.8, 4) is 0 Å². The minimum absolute atomic E-state index is 0.279. The van der Waals surface area contributed by atoms with Crippen LogP contribution in [0.2, 0.25) is 0 Å². The van der Waals surface area contributed by atoms with E-state index in [1.54, 1.807) is 6.20 Å². The summed E-state index contributed by atoms with van der Waals surface area (Å²) < 4.78 is 37.2. The van der Waals surface area contributed by atoms with Gasteiger partial charge in [0, 0.05) is 18.1 Å². The third-order valence-corrected chi connectivity index (χ3v) is 3.13. The largest absolute Gasteiger partial charge is 0.435 e. The fourth-order valence-electron chi connectivity index (χ4n) is 2.07. The monoisotopic (exact) mass is 304 g/mol. The highest BCUT2D eigenvalue weighted by Crippen LogP contribution is 2.27. The molecule has 0 atom stereocenters. The Morgan fingerprint density at radius 2 is 1.77 bits per heavy atom. The molecule has 1 aromatic carbocycles. The quantitative estimate of drug-likeness (QED) is 0.802. The molecule has 0 aliphatic heterocycles. The lowest BCUT2D eigenvalue weighted by Gasteiger charge is -2.09. The van der Waals surface area contributed by atoms with Gasteiger partial charge in [0.15, 0.2) is 5.69 Å². The van der Waals surface area contributed by atoms with E-state index in [0.717, 1.165) is 22.5 Å². The maximum atomic E-state index is 12.4. The van der Waals surface area contributed by atoms with Gasteiger partial charge in [-0.2, -0.15) is 13.2 Å². The van der Waals surface area contributed by atoms with Gasteiger partial charge < -0.3 is 5.32 Å². The summed E-state index contributed by atoms with van der Waals surface area (Å²) in [6.45, 7) is 0.397. The lowest BCUT2D eigenvalue weighted by Crippen LogP contribution is -2.10. The smallest absolute Gasteiger partial charge is 0.364 e. The maximum Gasteiger partial charge on any atom is 0.435 e. The van der Waals surface area contributed by atoms with E-state index < -0.39 is 11.9 Å². The maximum absolute atomic E-state index is 12.4. The van der Waals surface area contributed by atoms with E-state index in [0.29, 0.717) is 6.54 Å². The molecule has 112 valence electrons. The lowest BCUT2D eigenvalue weighted by molar-refractivity contribution is -0.141. The van der Waals surface area contributed by atoms with E-state index in [2.05, 4.69) is 20.5 Å². The number of benzene rings is 1. The molecule has 0 bridgehead atoms. The molecule has 7 heteroatoms. The van der Waals surface area contributed by atoms with Gasteiger partial charge in [-0.25, -0.2) is 0 Å². The number of hydrogen-bond acceptors (Lipinski definition) is 4. The summed E-state index contributed by atoms with van der Waals surface area (Å²) in [5, 5.41) is 10.7. The Morgan fingerprint density at radius 1 is 0.955 bits per heavy atom. The number of halogens is 3. The fraction of sp³-hybridized carbons (Fsp3) is 0.133. The Kier molecular flexibility index (Phi) is 3.62. The second-order valence-electron chi connectivity index (χ2n) is 4.65. The van der Waals surface area contributed by atoms with E-state index in [1.807, 2.05) is 30.3 Å². The average molecular weight is 304 g/mol. The van der Waals surface area contributed by atoms with Gasteiger partial charge in [-0.15, -0.1) is 10.2 Å². The van der Waals surface area contributed by atoms with Crippen LogP contribution in [0, 0.1) is 0 Å². The summed E-state index contributed by atoms with van der Waals surface area (Å²) in [6, 6.07) is 11.7. The van der Waals surface area contributed by atoms with Gasteiger partial charge in [-0.1, -0.05) is 24.3 Å². The predicted molar refractivity (Wildman–Crippen MR) is 76.1 cm³/mol. The highest BCUT2D eigenvalue weighted by Gasteiger charge is 2.32. The molecule has 0 radical (unpaired) electrons. The van der Waals surface area contributed by atoms with Crippen LogP contribution < -0.4 is 5.32 Å². The molecule has 0 unspecified atom stereocenters. The minimum Gasteiger partial charge on any atom is -0.364 e. The van der Waals surface area contributed by atoms with Crippen molar-refractivity contribution in [1.82, 2.24) is 15.2 Å². The Bertz CT molecular complexity index is 779. The summed E-state index contributed by atoms with van der Waals surface area (Å²) in [5.41, 5.74) is 0.766. The summed E-state index contributed by atoms with van der Waals surface area (Å²) in [6.07, 6.45) is -2.78. The molecule has 0 aliphatic carbocycles. The first kappa shape index (κ1) is 14.2. The Balaban J connectivity index is 1.77. The van der Waals surface area contributed by atoms with Crippen LogP contribution in [0.4, 0.5) is 19.0 Å². The molecule has 0 aliphatic rings. The minimum atomic E-state index is -4.48. The molecule has 4 nitrogen and oxygen atoms in total. The van der Waals surface area contributed by atoms with Gasteiger partial charge in [-0.3, -0.25) is 4.98 Å². The van der Waals surface area contributed by atoms with Crippen LogP contribution in [0.1, 0.15) is 11.3 Å². The van der Waals surface area contributed by atoms with Crippen LogP contribution in [-0.2, 0) is 12.7 Å². The van der Waals surface area contributed by atoms with Gasteiger partial charge in [0.25, 0.3) is 0 Å². The number of para-hydroxylation sites is 1. The fourth-order valence-corrected chi connectivity index (χ4v) is 2.07. The Morgan fingerprint density at radius 3 is 2.50 bits per heavy atom. The summed E-state index contributed by atoms with van der Waals surface area (Å²) in [4.78, 5) is 4.32. The summed E-state index contributed by atoms with van der Waals surface area (Å²) in [7, 11) is 0. The standard InChI is InChI=1S/C15H11F3N4/c16-15(17,18)12-6-7-13(22-21-12)20-9-11-4-1-3-10-5-2-8-19-14(10)11/h1-8H,9H2,(H,20,22). The van der Waals surface area contributed by atoms with Crippen LogP contribution in [0.15, 0.2) is 48.7 Å². The Hall–Kier alpha value is -2.70. The first-order valence-corrected chi connectivity index (χ1v) is 6.51. The van der Waals surface area contributed by atoms with Crippen molar-refractivity contribution in [3.05, 3.63) is 59.9 Å². The Labute approximate surface area is 124 Å². The van der Waals surface area contributed by atoms with Crippen molar-refractivity contribution in [2.24, 2.45) is 0 Å². The molecule has 0 spiro atoms. The number of alkyl halides is 3. The molecule has 3 aromatic rings. The van der Waals surface area contributed by atoms with Gasteiger partial charge in [-0.05, 0) is 23.8 Å². The highest BCUT2D eigenvalue weighted by molar-refractivity contribution is 5.81. The van der Waals surface area contributed by atoms with E-state index in [9.17, 15) is 13.2 Å². The van der Waals surface area contributed by atoms with Gasteiger partial charge >= 0.3 is 6.18 Å².